The Morgan fingerprint density at radius 3 is 2.65 bits per heavy atom. The maximum absolute atomic E-state index is 13.2. The molecule has 1 amide bonds. The van der Waals surface area contributed by atoms with Gasteiger partial charge in [0.05, 0.1) is 12.6 Å². The molecule has 0 aliphatic carbocycles. The fraction of sp³-hybridized carbons (Fsp3) is 0.333. The highest BCUT2D eigenvalue weighted by Gasteiger charge is 2.42. The molecule has 0 fully saturated rings. The van der Waals surface area contributed by atoms with Crippen LogP contribution in [0.3, 0.4) is 0 Å². The van der Waals surface area contributed by atoms with Gasteiger partial charge in [-0.25, -0.2) is 0 Å². The third kappa shape index (κ3) is 3.76. The van der Waals surface area contributed by atoms with Gasteiger partial charge in [0.15, 0.2) is 0 Å². The van der Waals surface area contributed by atoms with Crippen LogP contribution in [0.1, 0.15) is 59.9 Å². The van der Waals surface area contributed by atoms with E-state index in [0.29, 0.717) is 35.1 Å². The van der Waals surface area contributed by atoms with Crippen LogP contribution in [0, 0.1) is 6.92 Å². The summed E-state index contributed by atoms with van der Waals surface area (Å²) in [5, 5.41) is 18.5. The average Bonchev–Trinajstić information content (AvgIpc) is 3.29. The molecule has 0 bridgehead atoms. The molecule has 31 heavy (non-hydrogen) atoms. The van der Waals surface area contributed by atoms with Crippen molar-refractivity contribution in [2.45, 2.75) is 39.7 Å². The molecule has 0 spiro atoms. The van der Waals surface area contributed by atoms with E-state index < -0.39 is 0 Å². The number of benzene rings is 2. The number of fused-ring (bicyclic) bond motifs is 1. The number of rotatable bonds is 7. The lowest BCUT2D eigenvalue weighted by molar-refractivity contribution is 0.0741. The van der Waals surface area contributed by atoms with Crippen LogP contribution in [-0.2, 0) is 0 Å². The zero-order valence-corrected chi connectivity index (χ0v) is 18.7. The molecule has 162 valence electrons. The second kappa shape index (κ2) is 8.63. The van der Waals surface area contributed by atoms with Crippen molar-refractivity contribution < 1.29 is 14.6 Å². The Hall–Kier alpha value is -2.99. The highest BCUT2D eigenvalue weighted by molar-refractivity contribution is 6.31. The molecule has 7 heteroatoms. The summed E-state index contributed by atoms with van der Waals surface area (Å²) in [6, 6.07) is 10.8. The molecule has 2 heterocycles. The summed E-state index contributed by atoms with van der Waals surface area (Å²) in [5.74, 6) is 0.783. The first-order valence-corrected chi connectivity index (χ1v) is 11.0. The van der Waals surface area contributed by atoms with E-state index in [-0.39, 0.29) is 17.7 Å². The van der Waals surface area contributed by atoms with Gasteiger partial charge in [0.1, 0.15) is 22.9 Å². The highest BCUT2D eigenvalue weighted by Crippen LogP contribution is 2.45. The number of carbonyl (C=O) groups is 1. The number of hydrogen-bond acceptors (Lipinski definition) is 4. The van der Waals surface area contributed by atoms with Crippen molar-refractivity contribution in [2.75, 3.05) is 13.2 Å². The molecular formula is C24H26ClN3O3. The fourth-order valence-electron chi connectivity index (χ4n) is 4.08. The number of aromatic hydroxyl groups is 1. The Morgan fingerprint density at radius 2 is 1.97 bits per heavy atom. The number of ether oxygens (including phenoxy) is 1. The van der Waals surface area contributed by atoms with Gasteiger partial charge >= 0.3 is 0 Å². The summed E-state index contributed by atoms with van der Waals surface area (Å²) in [6.45, 7) is 7.10. The SMILES string of the molecule is CCCCN1C(=O)c2[nH]nc(-c3cc(Cl)c(C)cc3O)c2C1c1ccc(OCC)cc1. The van der Waals surface area contributed by atoms with E-state index >= 15 is 0 Å². The molecule has 0 radical (unpaired) electrons. The third-order valence-electron chi connectivity index (χ3n) is 5.66. The minimum absolute atomic E-state index is 0.0844. The lowest BCUT2D eigenvalue weighted by Crippen LogP contribution is -2.30. The summed E-state index contributed by atoms with van der Waals surface area (Å²) < 4.78 is 5.58. The third-order valence-corrected chi connectivity index (χ3v) is 6.06. The van der Waals surface area contributed by atoms with E-state index in [2.05, 4.69) is 17.1 Å². The zero-order valence-electron chi connectivity index (χ0n) is 17.9. The normalized spacial score (nSPS) is 15.4. The van der Waals surface area contributed by atoms with Crippen LogP contribution in [0.2, 0.25) is 5.02 Å². The van der Waals surface area contributed by atoms with Crippen LogP contribution in [-0.4, -0.2) is 39.3 Å². The predicted octanol–water partition coefficient (Wildman–Crippen LogP) is 5.49. The molecule has 4 rings (SSSR count). The maximum Gasteiger partial charge on any atom is 0.273 e. The van der Waals surface area contributed by atoms with E-state index in [9.17, 15) is 9.90 Å². The maximum atomic E-state index is 13.2. The second-order valence-corrected chi connectivity index (χ2v) is 8.14. The summed E-state index contributed by atoms with van der Waals surface area (Å²) in [5.41, 5.74) is 4.02. The number of aromatic amines is 1. The molecule has 6 nitrogen and oxygen atoms in total. The van der Waals surface area contributed by atoms with Gasteiger partial charge in [-0.2, -0.15) is 5.10 Å². The lowest BCUT2D eigenvalue weighted by atomic mass is 9.95. The van der Waals surface area contributed by atoms with Crippen molar-refractivity contribution in [3.8, 4) is 22.8 Å². The Bertz CT molecular complexity index is 1110. The fourth-order valence-corrected chi connectivity index (χ4v) is 4.24. The monoisotopic (exact) mass is 439 g/mol. The number of unbranched alkanes of at least 4 members (excludes halogenated alkanes) is 1. The molecule has 1 aliphatic rings. The number of phenols is 1. The van der Waals surface area contributed by atoms with Crippen LogP contribution >= 0.6 is 11.6 Å². The molecule has 3 aromatic rings. The first-order valence-electron chi connectivity index (χ1n) is 10.6. The van der Waals surface area contributed by atoms with Crippen molar-refractivity contribution in [1.29, 1.82) is 0 Å². The number of aryl methyl sites for hydroxylation is 1. The average molecular weight is 440 g/mol. The lowest BCUT2D eigenvalue weighted by Gasteiger charge is -2.26. The summed E-state index contributed by atoms with van der Waals surface area (Å²) in [4.78, 5) is 15.1. The van der Waals surface area contributed by atoms with Crippen LogP contribution in [0.4, 0.5) is 0 Å². The molecule has 0 saturated carbocycles. The van der Waals surface area contributed by atoms with Gasteiger partial charge in [0, 0.05) is 22.7 Å². The van der Waals surface area contributed by atoms with E-state index in [0.717, 1.165) is 35.3 Å². The molecule has 1 unspecified atom stereocenters. The van der Waals surface area contributed by atoms with E-state index in [1.165, 1.54) is 0 Å². The van der Waals surface area contributed by atoms with Crippen molar-refractivity contribution in [2.24, 2.45) is 0 Å². The quantitative estimate of drug-likeness (QED) is 0.510. The minimum atomic E-state index is -0.307. The summed E-state index contributed by atoms with van der Waals surface area (Å²) in [6.07, 6.45) is 1.88. The van der Waals surface area contributed by atoms with Gasteiger partial charge in [-0.15, -0.1) is 0 Å². The number of nitrogens with one attached hydrogen (secondary N) is 1. The number of phenolic OH excluding ortho intramolecular Hbond substituents is 1. The molecule has 2 N–H and O–H groups in total. The van der Waals surface area contributed by atoms with Crippen molar-refractivity contribution in [3.63, 3.8) is 0 Å². The van der Waals surface area contributed by atoms with Crippen LogP contribution < -0.4 is 4.74 Å². The minimum Gasteiger partial charge on any atom is -0.507 e. The first-order chi connectivity index (χ1) is 15.0. The standard InChI is InChI=1S/C24H26ClN3O3/c1-4-6-11-28-23(15-7-9-16(10-8-15)31-5-2)20-21(26-27-22(20)24(28)30)17-13-18(25)14(3)12-19(17)29/h7-10,12-13,23,29H,4-6,11H2,1-3H3,(H,26,27). The Balaban J connectivity index is 1.85. The Labute approximate surface area is 186 Å². The molecule has 2 aromatic carbocycles. The van der Waals surface area contributed by atoms with Gasteiger partial charge < -0.3 is 14.7 Å². The molecule has 1 atom stereocenters. The molecule has 1 aromatic heterocycles. The summed E-state index contributed by atoms with van der Waals surface area (Å²) >= 11 is 6.34. The topological polar surface area (TPSA) is 78.5 Å². The number of nitrogens with zero attached hydrogens (tertiary/aromatic N) is 2. The van der Waals surface area contributed by atoms with Crippen LogP contribution in [0.25, 0.3) is 11.3 Å². The van der Waals surface area contributed by atoms with Gasteiger partial charge in [-0.3, -0.25) is 9.89 Å². The zero-order chi connectivity index (χ0) is 22.1. The first kappa shape index (κ1) is 21.2. The molecule has 1 aliphatic heterocycles. The van der Waals surface area contributed by atoms with Crippen molar-refractivity contribution in [3.05, 3.63) is 63.8 Å². The second-order valence-electron chi connectivity index (χ2n) is 7.74. The number of hydrogen-bond donors (Lipinski definition) is 2. The van der Waals surface area contributed by atoms with Crippen molar-refractivity contribution in [1.82, 2.24) is 15.1 Å². The number of carbonyl (C=O) groups excluding carboxylic acids is 1. The number of aromatic nitrogens is 2. The Kier molecular flexibility index (Phi) is 5.92. The van der Waals surface area contributed by atoms with E-state index in [1.54, 1.807) is 12.1 Å². The number of H-pyrrole nitrogens is 1. The number of amides is 1. The van der Waals surface area contributed by atoms with Crippen molar-refractivity contribution >= 4 is 17.5 Å². The predicted molar refractivity (Wildman–Crippen MR) is 121 cm³/mol. The van der Waals surface area contributed by atoms with Crippen LogP contribution in [0.15, 0.2) is 36.4 Å². The van der Waals surface area contributed by atoms with Crippen LogP contribution in [0.5, 0.6) is 11.5 Å². The Morgan fingerprint density at radius 1 is 1.23 bits per heavy atom. The summed E-state index contributed by atoms with van der Waals surface area (Å²) in [7, 11) is 0. The molecular weight excluding hydrogens is 414 g/mol. The largest absolute Gasteiger partial charge is 0.507 e. The van der Waals surface area contributed by atoms with Gasteiger partial charge in [0.25, 0.3) is 5.91 Å². The van der Waals surface area contributed by atoms with E-state index in [4.69, 9.17) is 16.3 Å². The van der Waals surface area contributed by atoms with Gasteiger partial charge in [-0.05, 0) is 55.7 Å². The van der Waals surface area contributed by atoms with Gasteiger partial charge in [-0.1, -0.05) is 37.1 Å². The molecule has 0 saturated heterocycles. The highest BCUT2D eigenvalue weighted by atomic mass is 35.5. The van der Waals surface area contributed by atoms with Gasteiger partial charge in [0.2, 0.25) is 0 Å². The number of halogens is 1. The van der Waals surface area contributed by atoms with E-state index in [1.807, 2.05) is 43.0 Å². The smallest absolute Gasteiger partial charge is 0.273 e.